The van der Waals surface area contributed by atoms with Crippen LogP contribution in [0.4, 0.5) is 0 Å². The third-order valence-electron chi connectivity index (χ3n) is 4.56. The van der Waals surface area contributed by atoms with Gasteiger partial charge in [0, 0.05) is 18.7 Å². The Morgan fingerprint density at radius 2 is 1.70 bits per heavy atom. The number of ether oxygens (including phenoxy) is 1. The van der Waals surface area contributed by atoms with Crippen LogP contribution in [0, 0.1) is 0 Å². The lowest BCUT2D eigenvalue weighted by molar-refractivity contribution is 0.0764. The van der Waals surface area contributed by atoms with Gasteiger partial charge in [-0.3, -0.25) is 9.59 Å². The zero-order valence-electron chi connectivity index (χ0n) is 14.6. The van der Waals surface area contributed by atoms with Crippen molar-refractivity contribution in [2.24, 2.45) is 5.73 Å². The molecule has 5 nitrogen and oxygen atoms in total. The van der Waals surface area contributed by atoms with Gasteiger partial charge in [0.25, 0.3) is 5.91 Å². The fraction of sp³-hybridized carbons (Fsp3) is 0.0909. The normalized spacial score (nSPS) is 12.7. The van der Waals surface area contributed by atoms with Gasteiger partial charge < -0.3 is 15.4 Å². The molecule has 3 aromatic carbocycles. The summed E-state index contributed by atoms with van der Waals surface area (Å²) in [6, 6.07) is 22.1. The van der Waals surface area contributed by atoms with Gasteiger partial charge in [0.05, 0.1) is 5.56 Å². The number of rotatable bonds is 5. The minimum absolute atomic E-state index is 0.0597. The fourth-order valence-electron chi connectivity index (χ4n) is 3.21. The second kappa shape index (κ2) is 6.96. The standard InChI is InChI=1S/C22H18N2O3/c23-21(25)16-11-9-15(10-12-16)13-24-14-17-5-4-8-19(20(17)22(24)26)27-18-6-2-1-3-7-18/h1-12H,13-14H2,(H2,23,25). The van der Waals surface area contributed by atoms with Crippen molar-refractivity contribution in [1.82, 2.24) is 4.90 Å². The number of primary amides is 1. The summed E-state index contributed by atoms with van der Waals surface area (Å²) in [5.41, 5.74) is 8.21. The number of hydrogen-bond donors (Lipinski definition) is 1. The number of fused-ring (bicyclic) bond motifs is 1. The van der Waals surface area contributed by atoms with Crippen LogP contribution in [0.2, 0.25) is 0 Å². The Kier molecular flexibility index (Phi) is 4.34. The molecular formula is C22H18N2O3. The minimum atomic E-state index is -0.464. The Bertz CT molecular complexity index is 998. The average molecular weight is 358 g/mol. The third kappa shape index (κ3) is 3.40. The van der Waals surface area contributed by atoms with Gasteiger partial charge >= 0.3 is 0 Å². The van der Waals surface area contributed by atoms with E-state index >= 15 is 0 Å². The van der Waals surface area contributed by atoms with Crippen LogP contribution in [0.5, 0.6) is 11.5 Å². The Morgan fingerprint density at radius 3 is 2.41 bits per heavy atom. The molecule has 0 aliphatic carbocycles. The van der Waals surface area contributed by atoms with Crippen molar-refractivity contribution >= 4 is 11.8 Å². The van der Waals surface area contributed by atoms with Crippen molar-refractivity contribution in [2.45, 2.75) is 13.1 Å². The van der Waals surface area contributed by atoms with Gasteiger partial charge in [-0.2, -0.15) is 0 Å². The SMILES string of the molecule is NC(=O)c1ccc(CN2Cc3cccc(Oc4ccccc4)c3C2=O)cc1. The molecule has 0 saturated heterocycles. The maximum atomic E-state index is 13.0. The smallest absolute Gasteiger partial charge is 0.258 e. The summed E-state index contributed by atoms with van der Waals surface area (Å²) in [5.74, 6) is 0.735. The van der Waals surface area contributed by atoms with Crippen LogP contribution in [0.3, 0.4) is 0 Å². The molecule has 1 aliphatic rings. The molecule has 1 aliphatic heterocycles. The fourth-order valence-corrected chi connectivity index (χ4v) is 3.21. The maximum Gasteiger partial charge on any atom is 0.258 e. The number of nitrogens with zero attached hydrogens (tertiary/aromatic N) is 1. The molecule has 0 unspecified atom stereocenters. The van der Waals surface area contributed by atoms with Crippen LogP contribution < -0.4 is 10.5 Å². The van der Waals surface area contributed by atoms with E-state index in [0.29, 0.717) is 35.7 Å². The number of hydrogen-bond acceptors (Lipinski definition) is 3. The molecule has 3 aromatic rings. The lowest BCUT2D eigenvalue weighted by Gasteiger charge is -2.16. The highest BCUT2D eigenvalue weighted by molar-refractivity contribution is 6.01. The monoisotopic (exact) mass is 358 g/mol. The molecule has 0 atom stereocenters. The highest BCUT2D eigenvalue weighted by Gasteiger charge is 2.30. The van der Waals surface area contributed by atoms with Gasteiger partial charge in [-0.15, -0.1) is 0 Å². The summed E-state index contributed by atoms with van der Waals surface area (Å²) in [4.78, 5) is 25.9. The Hall–Kier alpha value is -3.60. The Morgan fingerprint density at radius 1 is 0.963 bits per heavy atom. The van der Waals surface area contributed by atoms with E-state index in [1.54, 1.807) is 17.0 Å². The van der Waals surface area contributed by atoms with Gasteiger partial charge in [0.1, 0.15) is 11.5 Å². The molecule has 0 aromatic heterocycles. The zero-order valence-corrected chi connectivity index (χ0v) is 14.6. The molecular weight excluding hydrogens is 340 g/mol. The van der Waals surface area contributed by atoms with Gasteiger partial charge in [-0.25, -0.2) is 0 Å². The molecule has 134 valence electrons. The van der Waals surface area contributed by atoms with E-state index in [2.05, 4.69) is 0 Å². The van der Waals surface area contributed by atoms with E-state index in [9.17, 15) is 9.59 Å². The zero-order chi connectivity index (χ0) is 18.8. The molecule has 2 N–H and O–H groups in total. The van der Waals surface area contributed by atoms with Crippen LogP contribution >= 0.6 is 0 Å². The van der Waals surface area contributed by atoms with E-state index in [1.165, 1.54) is 0 Å². The second-order valence-corrected chi connectivity index (χ2v) is 6.43. The van der Waals surface area contributed by atoms with Crippen molar-refractivity contribution in [3.63, 3.8) is 0 Å². The minimum Gasteiger partial charge on any atom is -0.457 e. The van der Waals surface area contributed by atoms with Crippen molar-refractivity contribution in [3.05, 3.63) is 95.1 Å². The summed E-state index contributed by atoms with van der Waals surface area (Å²) < 4.78 is 5.93. The lowest BCUT2D eigenvalue weighted by atomic mass is 10.1. The number of nitrogens with two attached hydrogens (primary N) is 1. The topological polar surface area (TPSA) is 72.6 Å². The van der Waals surface area contributed by atoms with Gasteiger partial charge in [0.15, 0.2) is 0 Å². The number of amides is 2. The molecule has 2 amide bonds. The highest BCUT2D eigenvalue weighted by atomic mass is 16.5. The van der Waals surface area contributed by atoms with Crippen molar-refractivity contribution in [2.75, 3.05) is 0 Å². The summed E-state index contributed by atoms with van der Waals surface area (Å²) in [5, 5.41) is 0. The van der Waals surface area contributed by atoms with Gasteiger partial charge in [-0.1, -0.05) is 42.5 Å². The van der Waals surface area contributed by atoms with Crippen LogP contribution in [0.15, 0.2) is 72.8 Å². The van der Waals surface area contributed by atoms with E-state index in [-0.39, 0.29) is 5.91 Å². The van der Waals surface area contributed by atoms with Crippen LogP contribution in [0.25, 0.3) is 0 Å². The van der Waals surface area contributed by atoms with E-state index in [4.69, 9.17) is 10.5 Å². The van der Waals surface area contributed by atoms with Crippen LogP contribution in [-0.2, 0) is 13.1 Å². The first kappa shape index (κ1) is 16.8. The predicted molar refractivity (Wildman–Crippen MR) is 101 cm³/mol. The van der Waals surface area contributed by atoms with Crippen molar-refractivity contribution in [1.29, 1.82) is 0 Å². The highest BCUT2D eigenvalue weighted by Crippen LogP contribution is 2.34. The predicted octanol–water partition coefficient (Wildman–Crippen LogP) is 3.73. The maximum absolute atomic E-state index is 13.0. The first-order chi connectivity index (χ1) is 13.1. The molecule has 0 fully saturated rings. The summed E-state index contributed by atoms with van der Waals surface area (Å²) in [6.45, 7) is 0.981. The number of carbonyl (C=O) groups excluding carboxylic acids is 2. The van der Waals surface area contributed by atoms with E-state index < -0.39 is 5.91 Å². The van der Waals surface area contributed by atoms with Crippen molar-refractivity contribution in [3.8, 4) is 11.5 Å². The first-order valence-corrected chi connectivity index (χ1v) is 8.64. The summed E-state index contributed by atoms with van der Waals surface area (Å²) in [7, 11) is 0. The van der Waals surface area contributed by atoms with E-state index in [1.807, 2.05) is 60.7 Å². The second-order valence-electron chi connectivity index (χ2n) is 6.43. The quantitative estimate of drug-likeness (QED) is 0.755. The number of carbonyl (C=O) groups is 2. The third-order valence-corrected chi connectivity index (χ3v) is 4.56. The molecule has 4 rings (SSSR count). The Labute approximate surface area is 157 Å². The van der Waals surface area contributed by atoms with Gasteiger partial charge in [0.2, 0.25) is 5.91 Å². The molecule has 1 heterocycles. The van der Waals surface area contributed by atoms with E-state index in [0.717, 1.165) is 11.1 Å². The molecule has 0 radical (unpaired) electrons. The lowest BCUT2D eigenvalue weighted by Crippen LogP contribution is -2.23. The molecule has 0 saturated carbocycles. The Balaban J connectivity index is 1.55. The molecule has 5 heteroatoms. The molecule has 27 heavy (non-hydrogen) atoms. The summed E-state index contributed by atoms with van der Waals surface area (Å²) >= 11 is 0. The van der Waals surface area contributed by atoms with Crippen molar-refractivity contribution < 1.29 is 14.3 Å². The molecule has 0 bridgehead atoms. The number of para-hydroxylation sites is 1. The largest absolute Gasteiger partial charge is 0.457 e. The number of benzene rings is 3. The average Bonchev–Trinajstić information content (AvgIpc) is 2.99. The first-order valence-electron chi connectivity index (χ1n) is 8.64. The van der Waals surface area contributed by atoms with Crippen LogP contribution in [0.1, 0.15) is 31.8 Å². The molecule has 0 spiro atoms. The summed E-state index contributed by atoms with van der Waals surface area (Å²) in [6.07, 6.45) is 0. The van der Waals surface area contributed by atoms with Crippen LogP contribution in [-0.4, -0.2) is 16.7 Å². The van der Waals surface area contributed by atoms with Gasteiger partial charge in [-0.05, 0) is 41.5 Å².